The average Bonchev–Trinajstić information content (AvgIpc) is 3.52. The van der Waals surface area contributed by atoms with E-state index in [0.717, 1.165) is 19.3 Å². The Morgan fingerprint density at radius 1 is 0.966 bits per heavy atom. The van der Waals surface area contributed by atoms with E-state index in [0.29, 0.717) is 43.2 Å². The van der Waals surface area contributed by atoms with E-state index in [-0.39, 0.29) is 23.5 Å². The predicted molar refractivity (Wildman–Crippen MR) is 108 cm³/mol. The maximum atomic E-state index is 13.2. The molecule has 0 spiro atoms. The van der Waals surface area contributed by atoms with Crippen LogP contribution in [0.2, 0.25) is 0 Å². The Balaban J connectivity index is 1.46. The minimum Gasteiger partial charge on any atom is -0.456 e. The van der Waals surface area contributed by atoms with E-state index in [1.807, 2.05) is 4.90 Å². The van der Waals surface area contributed by atoms with Gasteiger partial charge in [0.1, 0.15) is 5.76 Å². The molecule has 1 aromatic carbocycles. The van der Waals surface area contributed by atoms with Crippen molar-refractivity contribution in [1.82, 2.24) is 9.80 Å². The van der Waals surface area contributed by atoms with E-state index in [9.17, 15) is 14.4 Å². The van der Waals surface area contributed by atoms with E-state index in [1.54, 1.807) is 48.2 Å². The van der Waals surface area contributed by atoms with Crippen LogP contribution in [-0.4, -0.2) is 53.7 Å². The Morgan fingerprint density at radius 3 is 2.41 bits per heavy atom. The molecule has 0 radical (unpaired) electrons. The second kappa shape index (κ2) is 8.11. The molecule has 2 aliphatic rings. The summed E-state index contributed by atoms with van der Waals surface area (Å²) >= 11 is 0. The monoisotopic (exact) mass is 395 g/mol. The summed E-state index contributed by atoms with van der Waals surface area (Å²) in [6.07, 6.45) is 2.73. The lowest BCUT2D eigenvalue weighted by Gasteiger charge is -2.23. The third kappa shape index (κ3) is 4.34. The smallest absolute Gasteiger partial charge is 0.291 e. The maximum absolute atomic E-state index is 13.2. The summed E-state index contributed by atoms with van der Waals surface area (Å²) in [5.74, 6) is 0.731. The fourth-order valence-corrected chi connectivity index (χ4v) is 3.62. The van der Waals surface area contributed by atoms with Crippen LogP contribution in [0.5, 0.6) is 0 Å². The van der Waals surface area contributed by atoms with Gasteiger partial charge in [-0.3, -0.25) is 14.4 Å². The molecule has 2 heterocycles. The SMILES string of the molecule is Cc1ccc(C(=O)Nc2ccccc2C(=O)N2CCCN(C(=O)C3CC3)CC2)o1. The second-order valence-electron chi connectivity index (χ2n) is 7.66. The number of nitrogens with zero attached hydrogens (tertiary/aromatic N) is 2. The third-order valence-corrected chi connectivity index (χ3v) is 5.39. The van der Waals surface area contributed by atoms with Crippen molar-refractivity contribution in [3.05, 3.63) is 53.5 Å². The van der Waals surface area contributed by atoms with Crippen LogP contribution in [0.1, 0.15) is 45.9 Å². The maximum Gasteiger partial charge on any atom is 0.291 e. The van der Waals surface area contributed by atoms with Gasteiger partial charge in [-0.05, 0) is 50.5 Å². The Kier molecular flexibility index (Phi) is 5.38. The van der Waals surface area contributed by atoms with Crippen LogP contribution in [0.25, 0.3) is 0 Å². The van der Waals surface area contributed by atoms with Crippen LogP contribution >= 0.6 is 0 Å². The Morgan fingerprint density at radius 2 is 1.69 bits per heavy atom. The van der Waals surface area contributed by atoms with Gasteiger partial charge in [-0.1, -0.05) is 12.1 Å². The molecule has 1 aromatic heterocycles. The van der Waals surface area contributed by atoms with Crippen LogP contribution < -0.4 is 5.32 Å². The topological polar surface area (TPSA) is 82.9 Å². The molecule has 7 heteroatoms. The summed E-state index contributed by atoms with van der Waals surface area (Å²) in [6, 6.07) is 10.3. The molecule has 1 saturated carbocycles. The summed E-state index contributed by atoms with van der Waals surface area (Å²) in [5.41, 5.74) is 0.887. The summed E-state index contributed by atoms with van der Waals surface area (Å²) < 4.78 is 5.36. The number of aryl methyl sites for hydroxylation is 1. The van der Waals surface area contributed by atoms with E-state index >= 15 is 0 Å². The first kappa shape index (κ1) is 19.2. The van der Waals surface area contributed by atoms with Crippen molar-refractivity contribution >= 4 is 23.4 Å². The number of carbonyl (C=O) groups is 3. The molecule has 152 valence electrons. The number of anilines is 1. The highest BCUT2D eigenvalue weighted by Gasteiger charge is 2.34. The van der Waals surface area contributed by atoms with Gasteiger partial charge < -0.3 is 19.5 Å². The molecule has 29 heavy (non-hydrogen) atoms. The van der Waals surface area contributed by atoms with Gasteiger partial charge >= 0.3 is 0 Å². The zero-order valence-corrected chi connectivity index (χ0v) is 16.5. The second-order valence-corrected chi connectivity index (χ2v) is 7.66. The molecular weight excluding hydrogens is 370 g/mol. The average molecular weight is 395 g/mol. The Bertz CT molecular complexity index is 932. The van der Waals surface area contributed by atoms with Gasteiger partial charge in [-0.2, -0.15) is 0 Å². The van der Waals surface area contributed by atoms with Crippen LogP contribution in [0.4, 0.5) is 5.69 Å². The molecule has 4 rings (SSSR count). The zero-order chi connectivity index (χ0) is 20.4. The summed E-state index contributed by atoms with van der Waals surface area (Å²) in [6.45, 7) is 4.10. The van der Waals surface area contributed by atoms with Crippen molar-refractivity contribution in [1.29, 1.82) is 0 Å². The summed E-state index contributed by atoms with van der Waals surface area (Å²) in [4.78, 5) is 41.6. The lowest BCUT2D eigenvalue weighted by molar-refractivity contribution is -0.132. The quantitative estimate of drug-likeness (QED) is 0.863. The van der Waals surface area contributed by atoms with Gasteiger partial charge in [0.05, 0.1) is 11.3 Å². The molecule has 1 aliphatic carbocycles. The van der Waals surface area contributed by atoms with E-state index in [4.69, 9.17) is 4.42 Å². The highest BCUT2D eigenvalue weighted by molar-refractivity contribution is 6.07. The standard InChI is InChI=1S/C22H25N3O4/c1-15-7-10-19(29-15)20(26)23-18-6-3-2-5-17(18)22(28)25-12-4-11-24(13-14-25)21(27)16-8-9-16/h2-3,5-7,10,16H,4,8-9,11-14H2,1H3,(H,23,26). The van der Waals surface area contributed by atoms with Gasteiger partial charge in [0.25, 0.3) is 11.8 Å². The summed E-state index contributed by atoms with van der Waals surface area (Å²) in [5, 5.41) is 2.78. The molecule has 0 bridgehead atoms. The zero-order valence-electron chi connectivity index (χ0n) is 16.5. The van der Waals surface area contributed by atoms with Crippen LogP contribution in [0.15, 0.2) is 40.8 Å². The fraction of sp³-hybridized carbons (Fsp3) is 0.409. The third-order valence-electron chi connectivity index (χ3n) is 5.39. The number of nitrogens with one attached hydrogen (secondary N) is 1. The molecule has 1 saturated heterocycles. The van der Waals surface area contributed by atoms with Crippen molar-refractivity contribution in [3.8, 4) is 0 Å². The van der Waals surface area contributed by atoms with Gasteiger partial charge in [0.2, 0.25) is 5.91 Å². The molecule has 0 atom stereocenters. The van der Waals surface area contributed by atoms with Crippen LogP contribution in [0.3, 0.4) is 0 Å². The number of rotatable bonds is 4. The minimum absolute atomic E-state index is 0.141. The lowest BCUT2D eigenvalue weighted by Crippen LogP contribution is -2.38. The molecule has 0 unspecified atom stereocenters. The van der Waals surface area contributed by atoms with Crippen molar-refractivity contribution < 1.29 is 18.8 Å². The summed E-state index contributed by atoms with van der Waals surface area (Å²) in [7, 11) is 0. The number of furan rings is 1. The van der Waals surface area contributed by atoms with Crippen molar-refractivity contribution in [2.24, 2.45) is 5.92 Å². The highest BCUT2D eigenvalue weighted by Crippen LogP contribution is 2.31. The largest absolute Gasteiger partial charge is 0.456 e. The minimum atomic E-state index is -0.393. The van der Waals surface area contributed by atoms with Crippen molar-refractivity contribution in [3.63, 3.8) is 0 Å². The molecule has 7 nitrogen and oxygen atoms in total. The van der Waals surface area contributed by atoms with Crippen LogP contribution in [0, 0.1) is 12.8 Å². The number of hydrogen-bond donors (Lipinski definition) is 1. The van der Waals surface area contributed by atoms with E-state index in [1.165, 1.54) is 0 Å². The first-order chi connectivity index (χ1) is 14.0. The molecule has 1 N–H and O–H groups in total. The normalized spacial score (nSPS) is 17.0. The Labute approximate surface area is 169 Å². The van der Waals surface area contributed by atoms with E-state index in [2.05, 4.69) is 5.32 Å². The first-order valence-corrected chi connectivity index (χ1v) is 10.1. The Hall–Kier alpha value is -3.09. The number of hydrogen-bond acceptors (Lipinski definition) is 4. The van der Waals surface area contributed by atoms with Gasteiger partial charge in [0.15, 0.2) is 5.76 Å². The number of benzene rings is 1. The highest BCUT2D eigenvalue weighted by atomic mass is 16.3. The molecule has 3 amide bonds. The molecule has 2 aromatic rings. The molecular formula is C22H25N3O4. The van der Waals surface area contributed by atoms with E-state index < -0.39 is 5.91 Å². The first-order valence-electron chi connectivity index (χ1n) is 10.1. The predicted octanol–water partition coefficient (Wildman–Crippen LogP) is 2.92. The van der Waals surface area contributed by atoms with Crippen LogP contribution in [-0.2, 0) is 4.79 Å². The van der Waals surface area contributed by atoms with Crippen molar-refractivity contribution in [2.75, 3.05) is 31.5 Å². The number of carbonyl (C=O) groups excluding carboxylic acids is 3. The van der Waals surface area contributed by atoms with Gasteiger partial charge in [-0.25, -0.2) is 0 Å². The number of amides is 3. The molecule has 1 aliphatic heterocycles. The lowest BCUT2D eigenvalue weighted by atomic mass is 10.1. The fourth-order valence-electron chi connectivity index (χ4n) is 3.62. The number of para-hydroxylation sites is 1. The van der Waals surface area contributed by atoms with Gasteiger partial charge in [0, 0.05) is 32.1 Å². The van der Waals surface area contributed by atoms with Gasteiger partial charge in [-0.15, -0.1) is 0 Å². The molecule has 2 fully saturated rings. The van der Waals surface area contributed by atoms with Crippen molar-refractivity contribution in [2.45, 2.75) is 26.2 Å².